The summed E-state index contributed by atoms with van der Waals surface area (Å²) >= 11 is 0. The first-order valence-electron chi connectivity index (χ1n) is 6.55. The van der Waals surface area contributed by atoms with Crippen LogP contribution in [0, 0.1) is 20.8 Å². The second-order valence-electron chi connectivity index (χ2n) is 5.00. The number of aromatic nitrogens is 4. The number of tetrazole rings is 1. The van der Waals surface area contributed by atoms with Crippen molar-refractivity contribution in [3.05, 3.63) is 28.8 Å². The molecule has 0 atom stereocenters. The molecule has 0 spiro atoms. The maximum absolute atomic E-state index is 10.6. The first-order chi connectivity index (χ1) is 9.49. The van der Waals surface area contributed by atoms with Gasteiger partial charge in [-0.3, -0.25) is 4.79 Å². The van der Waals surface area contributed by atoms with Crippen LogP contribution < -0.4 is 0 Å². The van der Waals surface area contributed by atoms with Gasteiger partial charge < -0.3 is 5.11 Å². The molecule has 0 fully saturated rings. The van der Waals surface area contributed by atoms with Gasteiger partial charge in [-0.25, -0.2) is 4.68 Å². The van der Waals surface area contributed by atoms with Crippen molar-refractivity contribution in [1.82, 2.24) is 20.2 Å². The van der Waals surface area contributed by atoms with Gasteiger partial charge in [-0.05, 0) is 48.7 Å². The first-order valence-corrected chi connectivity index (χ1v) is 6.55. The molecular weight excluding hydrogens is 256 g/mol. The number of nitrogens with zero attached hydrogens (tertiary/aromatic N) is 4. The normalized spacial score (nSPS) is 10.8. The van der Waals surface area contributed by atoms with E-state index >= 15 is 0 Å². The third-order valence-electron chi connectivity index (χ3n) is 3.19. The Morgan fingerprint density at radius 1 is 1.25 bits per heavy atom. The molecule has 1 aromatic carbocycles. The highest BCUT2D eigenvalue weighted by atomic mass is 16.4. The number of carboxylic acid groups (broad SMARTS) is 1. The molecule has 20 heavy (non-hydrogen) atoms. The SMILES string of the molecule is Cc1cc(C)c(-c2nnnn2CCCC(=O)O)c(C)c1. The fourth-order valence-electron chi connectivity index (χ4n) is 2.45. The smallest absolute Gasteiger partial charge is 0.303 e. The second kappa shape index (κ2) is 5.81. The van der Waals surface area contributed by atoms with Gasteiger partial charge in [0.25, 0.3) is 0 Å². The zero-order chi connectivity index (χ0) is 14.7. The van der Waals surface area contributed by atoms with Crippen LogP contribution >= 0.6 is 0 Å². The van der Waals surface area contributed by atoms with Crippen LogP contribution in [-0.4, -0.2) is 31.3 Å². The fraction of sp³-hybridized carbons (Fsp3) is 0.429. The zero-order valence-electron chi connectivity index (χ0n) is 11.9. The minimum Gasteiger partial charge on any atom is -0.481 e. The molecule has 0 aliphatic rings. The lowest BCUT2D eigenvalue weighted by Crippen LogP contribution is -2.07. The fourth-order valence-corrected chi connectivity index (χ4v) is 2.45. The number of aryl methyl sites for hydroxylation is 4. The van der Waals surface area contributed by atoms with Gasteiger partial charge in [0.2, 0.25) is 0 Å². The molecule has 0 bridgehead atoms. The Hall–Kier alpha value is -2.24. The summed E-state index contributed by atoms with van der Waals surface area (Å²) in [5.41, 5.74) is 4.47. The summed E-state index contributed by atoms with van der Waals surface area (Å²) in [5.74, 6) is -0.104. The van der Waals surface area contributed by atoms with E-state index in [2.05, 4.69) is 34.6 Å². The highest BCUT2D eigenvalue weighted by molar-refractivity contribution is 5.67. The van der Waals surface area contributed by atoms with Gasteiger partial charge in [0.1, 0.15) is 0 Å². The molecule has 0 unspecified atom stereocenters. The van der Waals surface area contributed by atoms with Gasteiger partial charge in [-0.1, -0.05) is 17.7 Å². The molecule has 106 valence electrons. The van der Waals surface area contributed by atoms with E-state index < -0.39 is 5.97 Å². The van der Waals surface area contributed by atoms with Crippen LogP contribution in [0.1, 0.15) is 29.5 Å². The van der Waals surface area contributed by atoms with Crippen molar-refractivity contribution in [2.45, 2.75) is 40.2 Å². The lowest BCUT2D eigenvalue weighted by atomic mass is 9.99. The maximum Gasteiger partial charge on any atom is 0.303 e. The number of carbonyl (C=O) groups is 1. The molecule has 0 saturated carbocycles. The summed E-state index contributed by atoms with van der Waals surface area (Å²) in [4.78, 5) is 10.6. The first kappa shape index (κ1) is 14.2. The summed E-state index contributed by atoms with van der Waals surface area (Å²) in [5, 5.41) is 20.4. The third kappa shape index (κ3) is 3.01. The predicted molar refractivity (Wildman–Crippen MR) is 74.3 cm³/mol. The van der Waals surface area contributed by atoms with Gasteiger partial charge in [0.05, 0.1) is 0 Å². The molecule has 0 aliphatic carbocycles. The topological polar surface area (TPSA) is 80.9 Å². The van der Waals surface area contributed by atoms with E-state index in [-0.39, 0.29) is 6.42 Å². The minimum atomic E-state index is -0.803. The van der Waals surface area contributed by atoms with Crippen LogP contribution in [0.15, 0.2) is 12.1 Å². The summed E-state index contributed by atoms with van der Waals surface area (Å²) in [6.07, 6.45) is 0.627. The van der Waals surface area contributed by atoms with Crippen LogP contribution in [0.3, 0.4) is 0 Å². The van der Waals surface area contributed by atoms with Crippen LogP contribution in [0.25, 0.3) is 11.4 Å². The van der Waals surface area contributed by atoms with Crippen LogP contribution in [-0.2, 0) is 11.3 Å². The molecule has 0 aliphatic heterocycles. The third-order valence-corrected chi connectivity index (χ3v) is 3.19. The van der Waals surface area contributed by atoms with Crippen molar-refractivity contribution < 1.29 is 9.90 Å². The van der Waals surface area contributed by atoms with E-state index in [0.717, 1.165) is 16.7 Å². The summed E-state index contributed by atoms with van der Waals surface area (Å²) in [6, 6.07) is 4.19. The van der Waals surface area contributed by atoms with E-state index in [1.807, 2.05) is 13.8 Å². The molecule has 1 heterocycles. The second-order valence-corrected chi connectivity index (χ2v) is 5.00. The van der Waals surface area contributed by atoms with E-state index in [1.165, 1.54) is 5.56 Å². The van der Waals surface area contributed by atoms with Gasteiger partial charge in [-0.15, -0.1) is 5.10 Å². The number of rotatable bonds is 5. The maximum atomic E-state index is 10.6. The Morgan fingerprint density at radius 3 is 2.50 bits per heavy atom. The lowest BCUT2D eigenvalue weighted by Gasteiger charge is -2.11. The number of hydrogen-bond donors (Lipinski definition) is 1. The summed E-state index contributed by atoms with van der Waals surface area (Å²) < 4.78 is 1.67. The minimum absolute atomic E-state index is 0.116. The average Bonchev–Trinajstić information content (AvgIpc) is 2.75. The summed E-state index contributed by atoms with van der Waals surface area (Å²) in [7, 11) is 0. The van der Waals surface area contributed by atoms with Gasteiger partial charge in [-0.2, -0.15) is 0 Å². The molecule has 2 aromatic rings. The van der Waals surface area contributed by atoms with E-state index in [1.54, 1.807) is 4.68 Å². The molecule has 6 nitrogen and oxygen atoms in total. The monoisotopic (exact) mass is 274 g/mol. The number of hydrogen-bond acceptors (Lipinski definition) is 4. The molecule has 1 aromatic heterocycles. The van der Waals surface area contributed by atoms with E-state index in [9.17, 15) is 4.79 Å². The summed E-state index contributed by atoms with van der Waals surface area (Å²) in [6.45, 7) is 6.62. The van der Waals surface area contributed by atoms with Crippen molar-refractivity contribution >= 4 is 5.97 Å². The van der Waals surface area contributed by atoms with Gasteiger partial charge in [0.15, 0.2) is 5.82 Å². The van der Waals surface area contributed by atoms with Gasteiger partial charge >= 0.3 is 5.97 Å². The van der Waals surface area contributed by atoms with Crippen LogP contribution in [0.5, 0.6) is 0 Å². The quantitative estimate of drug-likeness (QED) is 0.903. The molecule has 0 radical (unpaired) electrons. The highest BCUT2D eigenvalue weighted by Gasteiger charge is 2.14. The standard InChI is InChI=1S/C14H18N4O2/c1-9-7-10(2)13(11(3)8-9)14-15-16-17-18(14)6-4-5-12(19)20/h7-8H,4-6H2,1-3H3,(H,19,20). The van der Waals surface area contributed by atoms with Crippen LogP contribution in [0.4, 0.5) is 0 Å². The van der Waals surface area contributed by atoms with Crippen molar-refractivity contribution in [3.63, 3.8) is 0 Å². The van der Waals surface area contributed by atoms with Gasteiger partial charge in [0, 0.05) is 18.5 Å². The van der Waals surface area contributed by atoms with E-state index in [0.29, 0.717) is 18.8 Å². The van der Waals surface area contributed by atoms with Crippen molar-refractivity contribution in [2.75, 3.05) is 0 Å². The molecule has 6 heteroatoms. The predicted octanol–water partition coefficient (Wildman–Crippen LogP) is 2.13. The average molecular weight is 274 g/mol. The highest BCUT2D eigenvalue weighted by Crippen LogP contribution is 2.26. The van der Waals surface area contributed by atoms with E-state index in [4.69, 9.17) is 5.11 Å². The lowest BCUT2D eigenvalue weighted by molar-refractivity contribution is -0.137. The Balaban J connectivity index is 2.30. The van der Waals surface area contributed by atoms with Crippen LogP contribution in [0.2, 0.25) is 0 Å². The number of carboxylic acids is 1. The van der Waals surface area contributed by atoms with Crippen molar-refractivity contribution in [3.8, 4) is 11.4 Å². The molecule has 0 saturated heterocycles. The Morgan fingerprint density at radius 2 is 1.90 bits per heavy atom. The largest absolute Gasteiger partial charge is 0.481 e. The molecule has 0 amide bonds. The number of benzene rings is 1. The Bertz CT molecular complexity index is 611. The Kier molecular flexibility index (Phi) is 4.12. The molecule has 2 rings (SSSR count). The zero-order valence-corrected chi connectivity index (χ0v) is 11.9. The Labute approximate surface area is 117 Å². The molecular formula is C14H18N4O2. The molecule has 1 N–H and O–H groups in total. The number of aliphatic carboxylic acids is 1. The van der Waals surface area contributed by atoms with Crippen molar-refractivity contribution in [2.24, 2.45) is 0 Å². The van der Waals surface area contributed by atoms with Crippen molar-refractivity contribution in [1.29, 1.82) is 0 Å².